The Morgan fingerprint density at radius 3 is 2.29 bits per heavy atom. The molecule has 206 valence electrons. The van der Waals surface area contributed by atoms with Crippen molar-refractivity contribution in [2.45, 2.75) is 77.6 Å². The first kappa shape index (κ1) is 27.0. The zero-order chi connectivity index (χ0) is 26.9. The Balaban J connectivity index is 1.23. The topological polar surface area (TPSA) is 45.2 Å². The Bertz CT molecular complexity index is 1090. The number of piperidine rings is 1. The molecule has 1 amide bonds. The van der Waals surface area contributed by atoms with Crippen LogP contribution in [-0.2, 0) is 11.3 Å². The fraction of sp³-hybridized carbons (Fsp3) is 0.594. The number of piperazine rings is 1. The summed E-state index contributed by atoms with van der Waals surface area (Å²) in [5, 5.41) is 0. The number of carbonyl (C=O) groups is 1. The van der Waals surface area contributed by atoms with E-state index in [0.29, 0.717) is 17.5 Å². The number of methoxy groups -OCH3 is 1. The van der Waals surface area contributed by atoms with E-state index in [9.17, 15) is 4.79 Å². The Morgan fingerprint density at radius 2 is 1.66 bits per heavy atom. The van der Waals surface area contributed by atoms with Gasteiger partial charge in [-0.15, -0.1) is 0 Å². The van der Waals surface area contributed by atoms with Crippen molar-refractivity contribution in [3.8, 4) is 5.75 Å². The van der Waals surface area contributed by atoms with Gasteiger partial charge in [0.2, 0.25) is 0 Å². The second-order valence-corrected chi connectivity index (χ2v) is 12.7. The summed E-state index contributed by atoms with van der Waals surface area (Å²) in [4.78, 5) is 19.9. The molecule has 2 aromatic carbocycles. The van der Waals surface area contributed by atoms with E-state index in [4.69, 9.17) is 9.47 Å². The fourth-order valence-corrected chi connectivity index (χ4v) is 6.73. The molecule has 1 atom stereocenters. The number of hydrogen-bond donors (Lipinski definition) is 0. The lowest BCUT2D eigenvalue weighted by atomic mass is 9.59. The fourth-order valence-electron chi connectivity index (χ4n) is 6.73. The number of carbonyl (C=O) groups excluding carboxylic acids is 1. The summed E-state index contributed by atoms with van der Waals surface area (Å²) in [6.07, 6.45) is 4.52. The van der Waals surface area contributed by atoms with Gasteiger partial charge in [0.15, 0.2) is 0 Å². The molecule has 38 heavy (non-hydrogen) atoms. The van der Waals surface area contributed by atoms with Crippen LogP contribution in [0.2, 0.25) is 0 Å². The summed E-state index contributed by atoms with van der Waals surface area (Å²) in [7, 11) is 1.72. The van der Waals surface area contributed by atoms with E-state index in [0.717, 1.165) is 57.9 Å². The van der Waals surface area contributed by atoms with Gasteiger partial charge in [-0.3, -0.25) is 9.80 Å². The molecule has 0 radical (unpaired) electrons. The van der Waals surface area contributed by atoms with Gasteiger partial charge in [0.25, 0.3) is 0 Å². The number of amides is 1. The van der Waals surface area contributed by atoms with Crippen LogP contribution in [-0.4, -0.2) is 72.3 Å². The first-order valence-corrected chi connectivity index (χ1v) is 14.3. The summed E-state index contributed by atoms with van der Waals surface area (Å²) >= 11 is 0. The second-order valence-electron chi connectivity index (χ2n) is 12.7. The Labute approximate surface area is 228 Å². The van der Waals surface area contributed by atoms with Crippen LogP contribution >= 0.6 is 0 Å². The molecule has 5 rings (SSSR count). The summed E-state index contributed by atoms with van der Waals surface area (Å²) < 4.78 is 11.0. The lowest BCUT2D eigenvalue weighted by Crippen LogP contribution is -2.60. The highest BCUT2D eigenvalue weighted by molar-refractivity contribution is 5.68. The van der Waals surface area contributed by atoms with Crippen LogP contribution in [0, 0.1) is 12.3 Å². The molecule has 0 bridgehead atoms. The number of hydrogen-bond acceptors (Lipinski definition) is 5. The zero-order valence-electron chi connectivity index (χ0n) is 23.9. The summed E-state index contributed by atoms with van der Waals surface area (Å²) in [6, 6.07) is 18.5. The molecule has 6 nitrogen and oxygen atoms in total. The van der Waals surface area contributed by atoms with Crippen molar-refractivity contribution in [3.05, 3.63) is 65.2 Å². The Morgan fingerprint density at radius 1 is 0.974 bits per heavy atom. The summed E-state index contributed by atoms with van der Waals surface area (Å²) in [5.74, 6) is 0.909. The average molecular weight is 520 g/mol. The molecule has 2 saturated heterocycles. The van der Waals surface area contributed by atoms with Gasteiger partial charge in [-0.2, -0.15) is 0 Å². The molecule has 2 heterocycles. The molecular weight excluding hydrogens is 474 g/mol. The molecule has 1 saturated carbocycles. The summed E-state index contributed by atoms with van der Waals surface area (Å²) in [6.45, 7) is 13.9. The van der Waals surface area contributed by atoms with Gasteiger partial charge in [-0.05, 0) is 87.6 Å². The van der Waals surface area contributed by atoms with Crippen molar-refractivity contribution in [2.75, 3.05) is 39.8 Å². The number of nitrogens with zero attached hydrogens (tertiary/aromatic N) is 3. The van der Waals surface area contributed by atoms with Crippen LogP contribution in [0.1, 0.15) is 69.2 Å². The molecule has 6 heteroatoms. The second kappa shape index (κ2) is 10.9. The minimum absolute atomic E-state index is 0.157. The minimum atomic E-state index is -0.437. The Kier molecular flexibility index (Phi) is 7.74. The van der Waals surface area contributed by atoms with Gasteiger partial charge in [-0.25, -0.2) is 4.79 Å². The van der Waals surface area contributed by atoms with Crippen molar-refractivity contribution in [2.24, 2.45) is 5.41 Å². The first-order valence-electron chi connectivity index (χ1n) is 14.3. The van der Waals surface area contributed by atoms with Gasteiger partial charge in [-0.1, -0.05) is 36.4 Å². The molecule has 0 N–H and O–H groups in total. The van der Waals surface area contributed by atoms with Crippen molar-refractivity contribution in [1.29, 1.82) is 0 Å². The third-order valence-corrected chi connectivity index (χ3v) is 8.90. The van der Waals surface area contributed by atoms with Gasteiger partial charge in [0, 0.05) is 51.4 Å². The molecule has 1 unspecified atom stereocenters. The van der Waals surface area contributed by atoms with Crippen molar-refractivity contribution in [1.82, 2.24) is 14.7 Å². The van der Waals surface area contributed by atoms with Crippen LogP contribution in [0.3, 0.4) is 0 Å². The van der Waals surface area contributed by atoms with Crippen molar-refractivity contribution in [3.63, 3.8) is 0 Å². The predicted molar refractivity (Wildman–Crippen MR) is 151 cm³/mol. The Hall–Kier alpha value is -2.57. The van der Waals surface area contributed by atoms with E-state index in [-0.39, 0.29) is 6.09 Å². The SMILES string of the molecule is COc1ccc(CN2CCN(C3CC4(CCN(C(=O)OC(C)(C)C)CC4)C3)C(c3ccccc3C)C2)cc1. The van der Waals surface area contributed by atoms with Crippen molar-refractivity contribution < 1.29 is 14.3 Å². The van der Waals surface area contributed by atoms with Crippen LogP contribution in [0.15, 0.2) is 48.5 Å². The number of likely N-dealkylation sites (tertiary alicyclic amines) is 1. The molecule has 3 fully saturated rings. The number of benzene rings is 2. The van der Waals surface area contributed by atoms with Crippen LogP contribution in [0.5, 0.6) is 5.75 Å². The van der Waals surface area contributed by atoms with Crippen LogP contribution < -0.4 is 4.74 Å². The zero-order valence-corrected chi connectivity index (χ0v) is 23.9. The molecule has 3 aliphatic rings. The highest BCUT2D eigenvalue weighted by Crippen LogP contribution is 2.52. The van der Waals surface area contributed by atoms with Gasteiger partial charge >= 0.3 is 6.09 Å². The third-order valence-electron chi connectivity index (χ3n) is 8.90. The number of aryl methyl sites for hydroxylation is 1. The quantitative estimate of drug-likeness (QED) is 0.482. The molecule has 2 aliphatic heterocycles. The highest BCUT2D eigenvalue weighted by Gasteiger charge is 2.50. The predicted octanol–water partition coefficient (Wildman–Crippen LogP) is 6.04. The minimum Gasteiger partial charge on any atom is -0.497 e. The normalized spacial score (nSPS) is 22.8. The number of ether oxygens (including phenoxy) is 2. The van der Waals surface area contributed by atoms with Crippen molar-refractivity contribution >= 4 is 6.09 Å². The monoisotopic (exact) mass is 519 g/mol. The molecule has 1 aliphatic carbocycles. The highest BCUT2D eigenvalue weighted by atomic mass is 16.6. The number of rotatable bonds is 5. The molecule has 2 aromatic rings. The van der Waals surface area contributed by atoms with E-state index in [1.54, 1.807) is 7.11 Å². The van der Waals surface area contributed by atoms with Gasteiger partial charge in [0.05, 0.1) is 7.11 Å². The maximum atomic E-state index is 12.6. The molecule has 0 aromatic heterocycles. The van der Waals surface area contributed by atoms with Crippen LogP contribution in [0.4, 0.5) is 4.79 Å². The van der Waals surface area contributed by atoms with Crippen LogP contribution in [0.25, 0.3) is 0 Å². The lowest BCUT2D eigenvalue weighted by Gasteiger charge is -2.58. The standard InChI is InChI=1S/C32H45N3O3/c1-24-8-6-7-9-28(24)29-23-33(22-25-10-12-27(37-5)13-11-25)18-19-35(29)26-20-32(21-26)14-16-34(17-15-32)30(36)38-31(2,3)4/h6-13,26,29H,14-23H2,1-5H3. The third kappa shape index (κ3) is 6.02. The largest absolute Gasteiger partial charge is 0.497 e. The van der Waals surface area contributed by atoms with E-state index in [2.05, 4.69) is 65.3 Å². The first-order chi connectivity index (χ1) is 18.1. The van der Waals surface area contributed by atoms with E-state index < -0.39 is 5.60 Å². The lowest BCUT2D eigenvalue weighted by molar-refractivity contribution is -0.0782. The van der Waals surface area contributed by atoms with E-state index >= 15 is 0 Å². The average Bonchev–Trinajstić information content (AvgIpc) is 2.87. The molecule has 1 spiro atoms. The van der Waals surface area contributed by atoms with Gasteiger partial charge < -0.3 is 14.4 Å². The summed E-state index contributed by atoms with van der Waals surface area (Å²) in [5.41, 5.74) is 4.14. The smallest absolute Gasteiger partial charge is 0.410 e. The van der Waals surface area contributed by atoms with E-state index in [1.165, 1.54) is 29.5 Å². The van der Waals surface area contributed by atoms with E-state index in [1.807, 2.05) is 25.7 Å². The maximum Gasteiger partial charge on any atom is 0.410 e. The van der Waals surface area contributed by atoms with Gasteiger partial charge in [0.1, 0.15) is 11.4 Å². The maximum absolute atomic E-state index is 12.6. The molecular formula is C32H45N3O3.